The van der Waals surface area contributed by atoms with Crippen molar-refractivity contribution in [3.63, 3.8) is 0 Å². The van der Waals surface area contributed by atoms with E-state index in [1.54, 1.807) is 0 Å². The maximum atomic E-state index is 12.2. The van der Waals surface area contributed by atoms with Crippen LogP contribution in [-0.4, -0.2) is 29.3 Å². The number of hydrogen-bond acceptors (Lipinski definition) is 1. The average Bonchev–Trinajstić information content (AvgIpc) is 2.14. The molecule has 0 aromatic heterocycles. The van der Waals surface area contributed by atoms with Crippen molar-refractivity contribution >= 4 is 17.5 Å². The summed E-state index contributed by atoms with van der Waals surface area (Å²) in [6, 6.07) is 0.538. The summed E-state index contributed by atoms with van der Waals surface area (Å²) in [6.07, 6.45) is 9.28. The number of alkyl halides is 1. The summed E-state index contributed by atoms with van der Waals surface area (Å²) in [5, 5.41) is 0. The predicted octanol–water partition coefficient (Wildman–Crippen LogP) is 3.19. The first-order valence-corrected chi connectivity index (χ1v) is 7.20. The van der Waals surface area contributed by atoms with Gasteiger partial charge < -0.3 is 4.90 Å². The molecule has 1 amide bonds. The van der Waals surface area contributed by atoms with Gasteiger partial charge in [0, 0.05) is 24.9 Å². The molecule has 0 unspecified atom stereocenters. The Labute approximate surface area is 103 Å². The number of carbonyl (C=O) groups excluding carboxylic acids is 1. The first-order valence-electron chi connectivity index (χ1n) is 6.66. The predicted molar refractivity (Wildman–Crippen MR) is 66.6 cm³/mol. The molecule has 16 heavy (non-hydrogen) atoms. The van der Waals surface area contributed by atoms with Crippen molar-refractivity contribution in [3.8, 4) is 0 Å². The summed E-state index contributed by atoms with van der Waals surface area (Å²) in [4.78, 5) is 14.3. The number of nitrogens with zero attached hydrogens (tertiary/aromatic N) is 1. The minimum Gasteiger partial charge on any atom is -0.340 e. The summed E-state index contributed by atoms with van der Waals surface area (Å²) in [6.45, 7) is 0.875. The molecule has 3 heteroatoms. The van der Waals surface area contributed by atoms with Crippen LogP contribution < -0.4 is 0 Å². The molecule has 0 N–H and O–H groups in total. The Bertz CT molecular complexity index is 236. The SMILES string of the molecule is O=C(CC1CCC1)N(CCCCl)C1CCC1. The lowest BCUT2D eigenvalue weighted by Gasteiger charge is -2.39. The average molecular weight is 244 g/mol. The largest absolute Gasteiger partial charge is 0.340 e. The Hall–Kier alpha value is -0.240. The van der Waals surface area contributed by atoms with Gasteiger partial charge >= 0.3 is 0 Å². The normalized spacial score (nSPS) is 21.3. The summed E-state index contributed by atoms with van der Waals surface area (Å²) in [5.41, 5.74) is 0. The highest BCUT2D eigenvalue weighted by atomic mass is 35.5. The zero-order valence-corrected chi connectivity index (χ0v) is 10.7. The fourth-order valence-electron chi connectivity index (χ4n) is 2.50. The fourth-order valence-corrected chi connectivity index (χ4v) is 2.62. The van der Waals surface area contributed by atoms with Gasteiger partial charge in [-0.2, -0.15) is 0 Å². The molecule has 0 saturated heterocycles. The van der Waals surface area contributed by atoms with Crippen LogP contribution in [0.5, 0.6) is 0 Å². The molecule has 0 radical (unpaired) electrons. The molecule has 2 saturated carbocycles. The maximum absolute atomic E-state index is 12.2. The highest BCUT2D eigenvalue weighted by Gasteiger charge is 2.30. The zero-order chi connectivity index (χ0) is 11.4. The number of halogens is 1. The molecule has 0 bridgehead atoms. The molecular weight excluding hydrogens is 222 g/mol. The van der Waals surface area contributed by atoms with Crippen molar-refractivity contribution in [2.75, 3.05) is 12.4 Å². The van der Waals surface area contributed by atoms with Gasteiger partial charge in [-0.3, -0.25) is 4.79 Å². The highest BCUT2D eigenvalue weighted by molar-refractivity contribution is 6.17. The van der Waals surface area contributed by atoms with Crippen LogP contribution in [0, 0.1) is 5.92 Å². The molecule has 2 fully saturated rings. The molecule has 2 nitrogen and oxygen atoms in total. The monoisotopic (exact) mass is 243 g/mol. The lowest BCUT2D eigenvalue weighted by Crippen LogP contribution is -2.45. The van der Waals surface area contributed by atoms with Gasteiger partial charge in [0.25, 0.3) is 0 Å². The van der Waals surface area contributed by atoms with E-state index >= 15 is 0 Å². The van der Waals surface area contributed by atoms with Crippen LogP contribution in [0.4, 0.5) is 0 Å². The minimum absolute atomic E-state index is 0.388. The second-order valence-corrected chi connectivity index (χ2v) is 5.59. The molecule has 0 aromatic rings. The Morgan fingerprint density at radius 3 is 2.31 bits per heavy atom. The van der Waals surface area contributed by atoms with E-state index in [4.69, 9.17) is 11.6 Å². The Kier molecular flexibility index (Phi) is 4.51. The third-order valence-electron chi connectivity index (χ3n) is 4.06. The smallest absolute Gasteiger partial charge is 0.223 e. The number of amides is 1. The molecule has 0 spiro atoms. The van der Waals surface area contributed by atoms with Crippen LogP contribution in [0.1, 0.15) is 51.4 Å². The van der Waals surface area contributed by atoms with Gasteiger partial charge in [0.1, 0.15) is 0 Å². The van der Waals surface area contributed by atoms with E-state index < -0.39 is 0 Å². The van der Waals surface area contributed by atoms with Gasteiger partial charge in [-0.25, -0.2) is 0 Å². The summed E-state index contributed by atoms with van der Waals surface area (Å²) in [7, 11) is 0. The quantitative estimate of drug-likeness (QED) is 0.656. The standard InChI is InChI=1S/C13H22ClNO/c14-8-3-9-15(12-6-2-7-12)13(16)10-11-4-1-5-11/h11-12H,1-10H2. The second-order valence-electron chi connectivity index (χ2n) is 5.22. The van der Waals surface area contributed by atoms with Crippen LogP contribution in [0.3, 0.4) is 0 Å². The van der Waals surface area contributed by atoms with Gasteiger partial charge in [0.15, 0.2) is 0 Å². The minimum atomic E-state index is 0.388. The van der Waals surface area contributed by atoms with Crippen molar-refractivity contribution in [1.29, 1.82) is 0 Å². The summed E-state index contributed by atoms with van der Waals surface area (Å²) >= 11 is 5.72. The van der Waals surface area contributed by atoms with E-state index in [9.17, 15) is 4.79 Å². The van der Waals surface area contributed by atoms with E-state index in [1.807, 2.05) is 0 Å². The van der Waals surface area contributed by atoms with Gasteiger partial charge in [-0.15, -0.1) is 11.6 Å². The van der Waals surface area contributed by atoms with Crippen molar-refractivity contribution < 1.29 is 4.79 Å². The molecule has 2 aliphatic rings. The van der Waals surface area contributed by atoms with Crippen LogP contribution in [-0.2, 0) is 4.79 Å². The topological polar surface area (TPSA) is 20.3 Å². The van der Waals surface area contributed by atoms with E-state index in [-0.39, 0.29) is 0 Å². The summed E-state index contributed by atoms with van der Waals surface area (Å²) < 4.78 is 0. The van der Waals surface area contributed by atoms with E-state index in [1.165, 1.54) is 38.5 Å². The van der Waals surface area contributed by atoms with E-state index in [2.05, 4.69) is 4.90 Å². The van der Waals surface area contributed by atoms with Crippen molar-refractivity contribution in [3.05, 3.63) is 0 Å². The van der Waals surface area contributed by atoms with Crippen LogP contribution in [0.15, 0.2) is 0 Å². The summed E-state index contributed by atoms with van der Waals surface area (Å²) in [5.74, 6) is 1.74. The van der Waals surface area contributed by atoms with E-state index in [0.717, 1.165) is 19.4 Å². The zero-order valence-electron chi connectivity index (χ0n) is 9.96. The van der Waals surface area contributed by atoms with E-state index in [0.29, 0.717) is 23.7 Å². The van der Waals surface area contributed by atoms with Gasteiger partial charge in [-0.1, -0.05) is 6.42 Å². The maximum Gasteiger partial charge on any atom is 0.223 e. The van der Waals surface area contributed by atoms with Gasteiger partial charge in [0.05, 0.1) is 0 Å². The van der Waals surface area contributed by atoms with Crippen molar-refractivity contribution in [2.45, 2.75) is 57.4 Å². The molecule has 0 aromatic carbocycles. The Balaban J connectivity index is 1.80. The van der Waals surface area contributed by atoms with Crippen LogP contribution >= 0.6 is 11.6 Å². The second kappa shape index (κ2) is 5.90. The van der Waals surface area contributed by atoms with Gasteiger partial charge in [-0.05, 0) is 44.4 Å². The first-order chi connectivity index (χ1) is 7.81. The van der Waals surface area contributed by atoms with Crippen LogP contribution in [0.2, 0.25) is 0 Å². The molecule has 0 aliphatic heterocycles. The number of rotatable bonds is 6. The highest BCUT2D eigenvalue weighted by Crippen LogP contribution is 2.32. The van der Waals surface area contributed by atoms with Crippen LogP contribution in [0.25, 0.3) is 0 Å². The molecule has 2 aliphatic carbocycles. The molecule has 2 rings (SSSR count). The first kappa shape index (κ1) is 12.2. The van der Waals surface area contributed by atoms with Crippen molar-refractivity contribution in [1.82, 2.24) is 4.90 Å². The van der Waals surface area contributed by atoms with Gasteiger partial charge in [0.2, 0.25) is 5.91 Å². The molecular formula is C13H22ClNO. The Morgan fingerprint density at radius 1 is 1.19 bits per heavy atom. The third kappa shape index (κ3) is 2.91. The molecule has 92 valence electrons. The third-order valence-corrected chi connectivity index (χ3v) is 4.32. The van der Waals surface area contributed by atoms with Crippen molar-refractivity contribution in [2.24, 2.45) is 5.92 Å². The Morgan fingerprint density at radius 2 is 1.88 bits per heavy atom. The number of carbonyl (C=O) groups is 1. The fraction of sp³-hybridized carbons (Fsp3) is 0.923. The number of hydrogen-bond donors (Lipinski definition) is 0. The lowest BCUT2D eigenvalue weighted by molar-refractivity contribution is -0.136. The molecule has 0 atom stereocenters. The molecule has 0 heterocycles. The lowest BCUT2D eigenvalue weighted by atomic mass is 9.82.